The third-order valence-corrected chi connectivity index (χ3v) is 4.10. The Balaban J connectivity index is 3.60. The first-order chi connectivity index (χ1) is 7.96. The smallest absolute Gasteiger partial charge is 0.298 e. The third-order valence-electron chi connectivity index (χ3n) is 4.10. The molecule has 5 unspecified atom stereocenters. The summed E-state index contributed by atoms with van der Waals surface area (Å²) < 4.78 is 101. The van der Waals surface area contributed by atoms with Crippen LogP contribution in [-0.2, 0) is 4.74 Å². The molecule has 1 rings (SSSR count). The Morgan fingerprint density at radius 2 is 1.11 bits per heavy atom. The van der Waals surface area contributed by atoms with Crippen molar-refractivity contribution in [3.05, 3.63) is 0 Å². The first-order valence-electron chi connectivity index (χ1n) is 5.48. The van der Waals surface area contributed by atoms with Crippen molar-refractivity contribution in [1.82, 2.24) is 0 Å². The van der Waals surface area contributed by atoms with E-state index >= 15 is 0 Å². The molecule has 0 bridgehead atoms. The van der Waals surface area contributed by atoms with Gasteiger partial charge in [-0.2, -0.15) is 0 Å². The fraction of sp³-hybridized carbons (Fsp3) is 1.00. The van der Waals surface area contributed by atoms with Gasteiger partial charge in [-0.15, -0.1) is 0 Å². The molecule has 1 fully saturated rings. The summed E-state index contributed by atoms with van der Waals surface area (Å²) >= 11 is 0. The zero-order chi connectivity index (χ0) is 15.7. The predicted molar refractivity (Wildman–Crippen MR) is 53.6 cm³/mol. The van der Waals surface area contributed by atoms with Gasteiger partial charge in [0.15, 0.2) is 5.67 Å². The van der Waals surface area contributed by atoms with Gasteiger partial charge in [-0.05, 0) is 27.7 Å². The minimum Gasteiger partial charge on any atom is -0.298 e. The number of hydrogen-bond acceptors (Lipinski definition) is 1. The van der Waals surface area contributed by atoms with Crippen LogP contribution in [0.2, 0.25) is 0 Å². The van der Waals surface area contributed by atoms with Crippen LogP contribution in [0.5, 0.6) is 0 Å². The molecule has 1 heterocycles. The van der Waals surface area contributed by atoms with Crippen LogP contribution in [0, 0.1) is 0 Å². The number of halogens is 7. The second-order valence-corrected chi connectivity index (χ2v) is 5.51. The van der Waals surface area contributed by atoms with Crippen molar-refractivity contribution in [1.29, 1.82) is 0 Å². The molecule has 114 valence electrons. The summed E-state index contributed by atoms with van der Waals surface area (Å²) in [5, 5.41) is 0. The Labute approximate surface area is 106 Å². The summed E-state index contributed by atoms with van der Waals surface area (Å²) in [5.41, 5.74) is -11.7. The molecule has 1 aliphatic rings. The number of rotatable bonds is 1. The fourth-order valence-electron chi connectivity index (χ4n) is 2.12. The summed E-state index contributed by atoms with van der Waals surface area (Å²) in [4.78, 5) is 0. The minimum absolute atomic E-state index is 0.0808. The molecule has 0 spiro atoms. The van der Waals surface area contributed by atoms with Crippen LogP contribution in [0.1, 0.15) is 34.6 Å². The van der Waals surface area contributed by atoms with Gasteiger partial charge in [0, 0.05) is 6.92 Å². The van der Waals surface area contributed by atoms with Crippen LogP contribution in [0.3, 0.4) is 0 Å². The molecule has 0 saturated carbocycles. The van der Waals surface area contributed by atoms with Gasteiger partial charge in [0.25, 0.3) is 0 Å². The monoisotopic (exact) mass is 296 g/mol. The molecule has 0 aromatic carbocycles. The molecule has 0 amide bonds. The standard InChI is InChI=1S/C11H15F7O/c1-6(12)7(2,13)10(5,17)19-11(18,8(6,3)14)9(4,15)16/h1-5H3. The van der Waals surface area contributed by atoms with Crippen LogP contribution >= 0.6 is 0 Å². The second kappa shape index (κ2) is 3.56. The van der Waals surface area contributed by atoms with E-state index in [0.717, 1.165) is 0 Å². The lowest BCUT2D eigenvalue weighted by Crippen LogP contribution is -2.81. The number of alkyl halides is 7. The van der Waals surface area contributed by atoms with E-state index in [1.54, 1.807) is 0 Å². The fourth-order valence-corrected chi connectivity index (χ4v) is 2.12. The van der Waals surface area contributed by atoms with Crippen LogP contribution in [0.15, 0.2) is 0 Å². The molecule has 0 aliphatic carbocycles. The van der Waals surface area contributed by atoms with Crippen molar-refractivity contribution in [3.8, 4) is 0 Å². The first-order valence-corrected chi connectivity index (χ1v) is 5.48. The van der Waals surface area contributed by atoms with Crippen molar-refractivity contribution in [2.24, 2.45) is 0 Å². The average molecular weight is 296 g/mol. The zero-order valence-electron chi connectivity index (χ0n) is 11.1. The molecule has 5 atom stereocenters. The van der Waals surface area contributed by atoms with Gasteiger partial charge in [-0.3, -0.25) is 4.74 Å². The molecule has 0 N–H and O–H groups in total. The third kappa shape index (κ3) is 1.64. The Bertz CT molecular complexity index is 383. The summed E-state index contributed by atoms with van der Waals surface area (Å²) in [7, 11) is 0. The topological polar surface area (TPSA) is 9.23 Å². The Kier molecular flexibility index (Phi) is 3.10. The maximum atomic E-state index is 14.3. The van der Waals surface area contributed by atoms with E-state index in [2.05, 4.69) is 4.74 Å². The van der Waals surface area contributed by atoms with Crippen LogP contribution in [0.25, 0.3) is 0 Å². The molecule has 1 aliphatic heterocycles. The van der Waals surface area contributed by atoms with E-state index in [1.807, 2.05) is 0 Å². The predicted octanol–water partition coefficient (Wildman–Crippen LogP) is 4.21. The van der Waals surface area contributed by atoms with E-state index in [9.17, 15) is 30.7 Å². The van der Waals surface area contributed by atoms with E-state index in [-0.39, 0.29) is 34.6 Å². The Morgan fingerprint density at radius 1 is 0.737 bits per heavy atom. The summed E-state index contributed by atoms with van der Waals surface area (Å²) in [5.74, 6) is -13.0. The first kappa shape index (κ1) is 16.5. The molecule has 8 heteroatoms. The van der Waals surface area contributed by atoms with E-state index in [0.29, 0.717) is 0 Å². The van der Waals surface area contributed by atoms with Crippen molar-refractivity contribution >= 4 is 0 Å². The zero-order valence-corrected chi connectivity index (χ0v) is 11.1. The van der Waals surface area contributed by atoms with Gasteiger partial charge in [0.2, 0.25) is 17.2 Å². The normalized spacial score (nSPS) is 56.2. The molecule has 1 nitrogen and oxygen atoms in total. The molecule has 0 aromatic heterocycles. The van der Waals surface area contributed by atoms with Gasteiger partial charge >= 0.3 is 11.8 Å². The minimum atomic E-state index is -4.65. The Hall–Kier alpha value is -0.530. The molecule has 0 radical (unpaired) electrons. The largest absolute Gasteiger partial charge is 0.312 e. The molecular weight excluding hydrogens is 281 g/mol. The molecule has 0 aromatic rings. The maximum absolute atomic E-state index is 14.3. The summed E-state index contributed by atoms with van der Waals surface area (Å²) in [6, 6.07) is 0. The highest BCUT2D eigenvalue weighted by Gasteiger charge is 2.85. The molecule has 1 saturated heterocycles. The maximum Gasteiger partial charge on any atom is 0.312 e. The van der Waals surface area contributed by atoms with Crippen molar-refractivity contribution in [2.75, 3.05) is 0 Å². The highest BCUT2D eigenvalue weighted by molar-refractivity contribution is 5.22. The average Bonchev–Trinajstić information content (AvgIpc) is 2.12. The quantitative estimate of drug-likeness (QED) is 0.659. The van der Waals surface area contributed by atoms with Crippen LogP contribution in [-0.4, -0.2) is 34.6 Å². The van der Waals surface area contributed by atoms with Gasteiger partial charge in [-0.1, -0.05) is 0 Å². The lowest BCUT2D eigenvalue weighted by molar-refractivity contribution is -0.459. The van der Waals surface area contributed by atoms with E-state index in [4.69, 9.17) is 0 Å². The van der Waals surface area contributed by atoms with E-state index in [1.165, 1.54) is 0 Å². The molecule has 19 heavy (non-hydrogen) atoms. The summed E-state index contributed by atoms with van der Waals surface area (Å²) in [6.07, 6.45) is 0. The number of ether oxygens (including phenoxy) is 1. The van der Waals surface area contributed by atoms with E-state index < -0.39 is 34.6 Å². The highest BCUT2D eigenvalue weighted by atomic mass is 19.3. The highest BCUT2D eigenvalue weighted by Crippen LogP contribution is 2.63. The number of hydrogen-bond donors (Lipinski definition) is 0. The van der Waals surface area contributed by atoms with Gasteiger partial charge in [-0.25, -0.2) is 30.7 Å². The lowest BCUT2D eigenvalue weighted by atomic mass is 9.67. The Morgan fingerprint density at radius 3 is 1.42 bits per heavy atom. The van der Waals surface area contributed by atoms with Gasteiger partial charge < -0.3 is 0 Å². The van der Waals surface area contributed by atoms with Crippen LogP contribution in [0.4, 0.5) is 30.7 Å². The van der Waals surface area contributed by atoms with Crippen LogP contribution < -0.4 is 0 Å². The lowest BCUT2D eigenvalue weighted by Gasteiger charge is -2.58. The SMILES string of the molecule is CC(F)(F)C1(F)OC(C)(F)C(C)(F)C(C)(F)C1(C)F. The second-order valence-electron chi connectivity index (χ2n) is 5.51. The van der Waals surface area contributed by atoms with Crippen molar-refractivity contribution < 1.29 is 35.5 Å². The summed E-state index contributed by atoms with van der Waals surface area (Å²) in [6.45, 7) is 0.696. The van der Waals surface area contributed by atoms with Gasteiger partial charge in [0.1, 0.15) is 0 Å². The van der Waals surface area contributed by atoms with Crippen molar-refractivity contribution in [3.63, 3.8) is 0 Å². The molecular formula is C11H15F7O. The van der Waals surface area contributed by atoms with Gasteiger partial charge in [0.05, 0.1) is 0 Å². The van der Waals surface area contributed by atoms with Crippen molar-refractivity contribution in [2.45, 2.75) is 69.3 Å².